The van der Waals surface area contributed by atoms with Gasteiger partial charge in [-0.25, -0.2) is 0 Å². The highest BCUT2D eigenvalue weighted by atomic mass is 35.5. The molecule has 0 unspecified atom stereocenters. The molecule has 0 bridgehead atoms. The summed E-state index contributed by atoms with van der Waals surface area (Å²) in [5, 5.41) is 3.12. The van der Waals surface area contributed by atoms with Crippen molar-refractivity contribution in [3.8, 4) is 0 Å². The first-order valence-electron chi connectivity index (χ1n) is 8.74. The van der Waals surface area contributed by atoms with E-state index in [9.17, 15) is 9.59 Å². The van der Waals surface area contributed by atoms with Gasteiger partial charge in [-0.15, -0.1) is 0 Å². The largest absolute Gasteiger partial charge is 0.452 e. The number of carbonyl (C=O) groups is 2. The first-order valence-corrected chi connectivity index (χ1v) is 9.12. The van der Waals surface area contributed by atoms with E-state index in [2.05, 4.69) is 5.32 Å². The van der Waals surface area contributed by atoms with Crippen molar-refractivity contribution in [2.24, 2.45) is 5.92 Å². The number of ether oxygens (including phenoxy) is 1. The van der Waals surface area contributed by atoms with Gasteiger partial charge < -0.3 is 10.1 Å². The first-order chi connectivity index (χ1) is 12.4. The second kappa shape index (κ2) is 9.39. The Kier molecular flexibility index (Phi) is 7.22. The van der Waals surface area contributed by atoms with E-state index in [0.29, 0.717) is 10.7 Å². The van der Waals surface area contributed by atoms with Gasteiger partial charge in [0, 0.05) is 0 Å². The van der Waals surface area contributed by atoms with Crippen LogP contribution in [0, 0.1) is 5.92 Å². The molecule has 0 aliphatic heterocycles. The number of para-hydroxylation sites is 1. The van der Waals surface area contributed by atoms with Crippen LogP contribution in [0.15, 0.2) is 54.6 Å². The molecule has 0 fully saturated rings. The summed E-state index contributed by atoms with van der Waals surface area (Å²) >= 11 is 6.05. The van der Waals surface area contributed by atoms with Crippen LogP contribution >= 0.6 is 11.6 Å². The van der Waals surface area contributed by atoms with Gasteiger partial charge in [0.15, 0.2) is 6.10 Å². The van der Waals surface area contributed by atoms with E-state index < -0.39 is 23.9 Å². The Hall–Kier alpha value is -2.33. The van der Waals surface area contributed by atoms with Crippen LogP contribution in [-0.2, 0) is 14.3 Å². The van der Waals surface area contributed by atoms with E-state index >= 15 is 0 Å². The van der Waals surface area contributed by atoms with Crippen molar-refractivity contribution < 1.29 is 14.3 Å². The van der Waals surface area contributed by atoms with Crippen molar-refractivity contribution in [2.45, 2.75) is 39.2 Å². The van der Waals surface area contributed by atoms with Crippen molar-refractivity contribution in [1.82, 2.24) is 0 Å². The molecule has 0 aliphatic rings. The van der Waals surface area contributed by atoms with Gasteiger partial charge in [0.05, 0.1) is 16.6 Å². The standard InChI is InChI=1S/C21H24ClNO3/c1-4-14(2)19(16-10-6-5-7-11-16)21(25)26-15(3)20(24)23-18-13-9-8-12-17(18)22/h5-15,19H,4H2,1-3H3,(H,23,24)/t14-,15+,19-/m1/s1. The van der Waals surface area contributed by atoms with Gasteiger partial charge in [-0.2, -0.15) is 0 Å². The first kappa shape index (κ1) is 20.0. The topological polar surface area (TPSA) is 55.4 Å². The molecule has 4 nitrogen and oxygen atoms in total. The van der Waals surface area contributed by atoms with Crippen molar-refractivity contribution >= 4 is 29.2 Å². The minimum atomic E-state index is -0.922. The number of rotatable bonds is 7. The molecule has 2 rings (SSSR count). The lowest BCUT2D eigenvalue weighted by Crippen LogP contribution is -2.33. The molecule has 0 heterocycles. The number of hydrogen-bond donors (Lipinski definition) is 1. The van der Waals surface area contributed by atoms with Gasteiger partial charge in [0.1, 0.15) is 0 Å². The van der Waals surface area contributed by atoms with Crippen LogP contribution in [-0.4, -0.2) is 18.0 Å². The summed E-state index contributed by atoms with van der Waals surface area (Å²) in [5.41, 5.74) is 1.38. The number of benzene rings is 2. The smallest absolute Gasteiger partial charge is 0.314 e. The second-order valence-corrected chi connectivity index (χ2v) is 6.73. The van der Waals surface area contributed by atoms with Gasteiger partial charge in [0.2, 0.25) is 0 Å². The maximum Gasteiger partial charge on any atom is 0.314 e. The van der Waals surface area contributed by atoms with Crippen LogP contribution in [0.3, 0.4) is 0 Å². The van der Waals surface area contributed by atoms with E-state index in [1.54, 1.807) is 31.2 Å². The van der Waals surface area contributed by atoms with Gasteiger partial charge in [-0.05, 0) is 30.5 Å². The summed E-state index contributed by atoms with van der Waals surface area (Å²) in [5.74, 6) is -1.12. The van der Waals surface area contributed by atoms with Crippen LogP contribution < -0.4 is 5.32 Å². The number of amides is 1. The zero-order valence-corrected chi connectivity index (χ0v) is 16.0. The molecule has 26 heavy (non-hydrogen) atoms. The summed E-state index contributed by atoms with van der Waals surface area (Å²) in [6.45, 7) is 5.59. The van der Waals surface area contributed by atoms with E-state index in [-0.39, 0.29) is 5.92 Å². The lowest BCUT2D eigenvalue weighted by Gasteiger charge is -2.24. The third-order valence-corrected chi connectivity index (χ3v) is 4.75. The summed E-state index contributed by atoms with van der Waals surface area (Å²) < 4.78 is 5.47. The minimum Gasteiger partial charge on any atom is -0.452 e. The molecule has 1 N–H and O–H groups in total. The number of hydrogen-bond acceptors (Lipinski definition) is 3. The average molecular weight is 374 g/mol. The van der Waals surface area contributed by atoms with Crippen molar-refractivity contribution in [3.63, 3.8) is 0 Å². The number of anilines is 1. The molecule has 138 valence electrons. The summed E-state index contributed by atoms with van der Waals surface area (Å²) in [6.07, 6.45) is -0.0939. The molecule has 0 spiro atoms. The molecule has 2 aromatic carbocycles. The Morgan fingerprint density at radius 1 is 1.04 bits per heavy atom. The van der Waals surface area contributed by atoms with Crippen LogP contribution in [0.1, 0.15) is 38.7 Å². The molecule has 1 amide bonds. The zero-order valence-electron chi connectivity index (χ0n) is 15.2. The lowest BCUT2D eigenvalue weighted by atomic mass is 9.85. The highest BCUT2D eigenvalue weighted by Crippen LogP contribution is 2.29. The third-order valence-electron chi connectivity index (χ3n) is 4.42. The van der Waals surface area contributed by atoms with Crippen molar-refractivity contribution in [3.05, 3.63) is 65.2 Å². The Morgan fingerprint density at radius 3 is 2.27 bits per heavy atom. The van der Waals surface area contributed by atoms with Gasteiger partial charge in [-0.1, -0.05) is 74.3 Å². The summed E-state index contributed by atoms with van der Waals surface area (Å²) in [6, 6.07) is 16.4. The third kappa shape index (κ3) is 5.09. The lowest BCUT2D eigenvalue weighted by molar-refractivity contribution is -0.155. The van der Waals surface area contributed by atoms with E-state index in [4.69, 9.17) is 16.3 Å². The SMILES string of the molecule is CC[C@@H](C)[C@@H](C(=O)O[C@@H](C)C(=O)Nc1ccccc1Cl)c1ccccc1. The van der Waals surface area contributed by atoms with Crippen LogP contribution in [0.2, 0.25) is 5.02 Å². The average Bonchev–Trinajstić information content (AvgIpc) is 2.64. The zero-order chi connectivity index (χ0) is 19.1. The van der Waals surface area contributed by atoms with E-state index in [1.807, 2.05) is 44.2 Å². The second-order valence-electron chi connectivity index (χ2n) is 6.32. The highest BCUT2D eigenvalue weighted by Gasteiger charge is 2.30. The van der Waals surface area contributed by atoms with Crippen LogP contribution in [0.5, 0.6) is 0 Å². The highest BCUT2D eigenvalue weighted by molar-refractivity contribution is 6.33. The molecule has 2 aromatic rings. The number of carbonyl (C=O) groups excluding carboxylic acids is 2. The molecule has 0 aliphatic carbocycles. The molecule has 0 saturated carbocycles. The Morgan fingerprint density at radius 2 is 1.65 bits per heavy atom. The normalized spacial score (nSPS) is 14.2. The van der Waals surface area contributed by atoms with Gasteiger partial charge >= 0.3 is 5.97 Å². The van der Waals surface area contributed by atoms with Crippen LogP contribution in [0.25, 0.3) is 0 Å². The monoisotopic (exact) mass is 373 g/mol. The molecule has 3 atom stereocenters. The maximum absolute atomic E-state index is 12.7. The Labute approximate surface area is 159 Å². The van der Waals surface area contributed by atoms with Crippen molar-refractivity contribution in [2.75, 3.05) is 5.32 Å². The Balaban J connectivity index is 2.08. The predicted molar refractivity (Wildman–Crippen MR) is 104 cm³/mol. The fraction of sp³-hybridized carbons (Fsp3) is 0.333. The fourth-order valence-corrected chi connectivity index (χ4v) is 2.87. The number of esters is 1. The van der Waals surface area contributed by atoms with Gasteiger partial charge in [0.25, 0.3) is 5.91 Å². The number of halogens is 1. The molecule has 0 radical (unpaired) electrons. The summed E-state index contributed by atoms with van der Waals surface area (Å²) in [4.78, 5) is 25.1. The quantitative estimate of drug-likeness (QED) is 0.691. The van der Waals surface area contributed by atoms with Crippen LogP contribution in [0.4, 0.5) is 5.69 Å². The Bertz CT molecular complexity index is 748. The fourth-order valence-electron chi connectivity index (χ4n) is 2.69. The predicted octanol–water partition coefficient (Wildman–Crippen LogP) is 5.04. The molecule has 0 aromatic heterocycles. The van der Waals surface area contributed by atoms with E-state index in [0.717, 1.165) is 12.0 Å². The maximum atomic E-state index is 12.7. The number of nitrogens with one attached hydrogen (secondary N) is 1. The minimum absolute atomic E-state index is 0.101. The molecule has 5 heteroatoms. The van der Waals surface area contributed by atoms with Crippen molar-refractivity contribution in [1.29, 1.82) is 0 Å². The molecular weight excluding hydrogens is 350 g/mol. The van der Waals surface area contributed by atoms with Gasteiger partial charge in [-0.3, -0.25) is 9.59 Å². The van der Waals surface area contributed by atoms with E-state index in [1.165, 1.54) is 0 Å². The molecule has 0 saturated heterocycles. The summed E-state index contributed by atoms with van der Waals surface area (Å²) in [7, 11) is 0. The molecular formula is C21H24ClNO3.